The summed E-state index contributed by atoms with van der Waals surface area (Å²) in [6.07, 6.45) is -1.52. The highest BCUT2D eigenvalue weighted by Crippen LogP contribution is 2.42. The Hall–Kier alpha value is -2.60. The van der Waals surface area contributed by atoms with Crippen LogP contribution in [0.5, 0.6) is 0 Å². The van der Waals surface area contributed by atoms with Crippen LogP contribution in [0.15, 0.2) is 29.2 Å². The van der Waals surface area contributed by atoms with Crippen molar-refractivity contribution in [1.82, 2.24) is 0 Å². The molecule has 0 aliphatic carbocycles. The predicted molar refractivity (Wildman–Crippen MR) is 90.9 cm³/mol. The number of hydrogen-bond donors (Lipinski definition) is 0. The third-order valence-corrected chi connectivity index (χ3v) is 5.55. The summed E-state index contributed by atoms with van der Waals surface area (Å²) in [5.41, 5.74) is -1.33. The van der Waals surface area contributed by atoms with E-state index in [9.17, 15) is 31.2 Å². The standard InChI is InChI=1S/C18H14F4N2O2S/c1-27(25,26)15-5-4-14(16(18(21)22)12(15)9-23)24-6-2-3-10-7-11(19)8-13(20)17(10)24/h4-5,7-8,18H,2-3,6H2,1H3. The lowest BCUT2D eigenvalue weighted by molar-refractivity contribution is 0.151. The minimum absolute atomic E-state index is 0.0412. The van der Waals surface area contributed by atoms with Gasteiger partial charge in [0.2, 0.25) is 0 Å². The third-order valence-electron chi connectivity index (χ3n) is 4.41. The second-order valence-electron chi connectivity index (χ2n) is 6.21. The highest BCUT2D eigenvalue weighted by molar-refractivity contribution is 7.90. The van der Waals surface area contributed by atoms with Crippen LogP contribution in [0.25, 0.3) is 0 Å². The van der Waals surface area contributed by atoms with Crippen molar-refractivity contribution < 1.29 is 26.0 Å². The zero-order valence-electron chi connectivity index (χ0n) is 14.1. The molecule has 9 heteroatoms. The van der Waals surface area contributed by atoms with E-state index in [0.717, 1.165) is 24.5 Å². The highest BCUT2D eigenvalue weighted by Gasteiger charge is 2.31. The minimum atomic E-state index is -3.92. The maximum absolute atomic E-state index is 14.4. The van der Waals surface area contributed by atoms with Crippen LogP contribution in [-0.4, -0.2) is 21.2 Å². The number of rotatable bonds is 3. The fourth-order valence-electron chi connectivity index (χ4n) is 3.36. The third kappa shape index (κ3) is 3.37. The van der Waals surface area contributed by atoms with Gasteiger partial charge in [0, 0.05) is 18.9 Å². The van der Waals surface area contributed by atoms with Gasteiger partial charge in [-0.15, -0.1) is 0 Å². The Balaban J connectivity index is 2.31. The van der Waals surface area contributed by atoms with Gasteiger partial charge < -0.3 is 4.90 Å². The van der Waals surface area contributed by atoms with E-state index in [2.05, 4.69) is 0 Å². The van der Waals surface area contributed by atoms with E-state index < -0.39 is 43.9 Å². The van der Waals surface area contributed by atoms with Gasteiger partial charge in [0.05, 0.1) is 27.4 Å². The molecule has 0 spiro atoms. The Morgan fingerprint density at radius 1 is 1.22 bits per heavy atom. The summed E-state index contributed by atoms with van der Waals surface area (Å²) >= 11 is 0. The molecule has 2 aromatic carbocycles. The first-order valence-corrected chi connectivity index (χ1v) is 9.85. The molecule has 4 nitrogen and oxygen atoms in total. The van der Waals surface area contributed by atoms with Gasteiger partial charge in [-0.3, -0.25) is 0 Å². The van der Waals surface area contributed by atoms with Gasteiger partial charge >= 0.3 is 0 Å². The number of anilines is 2. The van der Waals surface area contributed by atoms with Crippen LogP contribution in [0.4, 0.5) is 28.9 Å². The van der Waals surface area contributed by atoms with Crippen LogP contribution in [0.2, 0.25) is 0 Å². The molecule has 0 fully saturated rings. The number of benzene rings is 2. The summed E-state index contributed by atoms with van der Waals surface area (Å²) in [6, 6.07) is 5.54. The SMILES string of the molecule is CS(=O)(=O)c1ccc(N2CCCc3cc(F)cc(F)c32)c(C(F)F)c1C#N. The topological polar surface area (TPSA) is 61.2 Å². The molecule has 0 amide bonds. The van der Waals surface area contributed by atoms with Crippen molar-refractivity contribution >= 4 is 21.2 Å². The van der Waals surface area contributed by atoms with Gasteiger partial charge in [-0.1, -0.05) is 0 Å². The normalized spacial score (nSPS) is 14.2. The van der Waals surface area contributed by atoms with Crippen molar-refractivity contribution in [3.8, 4) is 6.07 Å². The fourth-order valence-corrected chi connectivity index (χ4v) is 4.20. The quantitative estimate of drug-likeness (QED) is 0.725. The molecule has 3 rings (SSSR count). The molecular formula is C18H14F4N2O2S. The van der Waals surface area contributed by atoms with E-state index in [0.29, 0.717) is 24.5 Å². The molecule has 0 bridgehead atoms. The van der Waals surface area contributed by atoms with Crippen LogP contribution in [0.3, 0.4) is 0 Å². The Morgan fingerprint density at radius 3 is 2.52 bits per heavy atom. The molecule has 2 aromatic rings. The number of sulfone groups is 1. The van der Waals surface area contributed by atoms with E-state index in [1.54, 1.807) is 0 Å². The first-order chi connectivity index (χ1) is 12.6. The predicted octanol–water partition coefficient (Wildman–Crippen LogP) is 4.26. The summed E-state index contributed by atoms with van der Waals surface area (Å²) in [5, 5.41) is 9.33. The Morgan fingerprint density at radius 2 is 1.93 bits per heavy atom. The van der Waals surface area contributed by atoms with E-state index in [-0.39, 0.29) is 17.9 Å². The zero-order valence-corrected chi connectivity index (χ0v) is 15.0. The van der Waals surface area contributed by atoms with E-state index >= 15 is 0 Å². The minimum Gasteiger partial charge on any atom is -0.338 e. The largest absolute Gasteiger partial charge is 0.338 e. The second-order valence-corrected chi connectivity index (χ2v) is 8.19. The lowest BCUT2D eigenvalue weighted by Crippen LogP contribution is -2.27. The van der Waals surface area contributed by atoms with Crippen molar-refractivity contribution in [2.24, 2.45) is 0 Å². The molecule has 0 radical (unpaired) electrons. The van der Waals surface area contributed by atoms with Gasteiger partial charge in [0.25, 0.3) is 6.43 Å². The first-order valence-electron chi connectivity index (χ1n) is 7.95. The molecule has 0 aromatic heterocycles. The summed E-state index contributed by atoms with van der Waals surface area (Å²) in [6.45, 7) is 0.165. The Bertz CT molecular complexity index is 1060. The van der Waals surface area contributed by atoms with E-state index in [1.807, 2.05) is 0 Å². The summed E-state index contributed by atoms with van der Waals surface area (Å²) in [5.74, 6) is -1.68. The zero-order chi connectivity index (χ0) is 19.9. The molecule has 1 heterocycles. The average molecular weight is 398 g/mol. The fraction of sp³-hybridized carbons (Fsp3) is 0.278. The molecule has 0 saturated heterocycles. The van der Waals surface area contributed by atoms with Crippen molar-refractivity contribution in [2.45, 2.75) is 24.2 Å². The van der Waals surface area contributed by atoms with Crippen LogP contribution < -0.4 is 4.90 Å². The summed E-state index contributed by atoms with van der Waals surface area (Å²) in [4.78, 5) is 0.739. The van der Waals surface area contributed by atoms with Gasteiger partial charge in [0.1, 0.15) is 17.7 Å². The number of nitrogens with zero attached hydrogens (tertiary/aromatic N) is 2. The van der Waals surface area contributed by atoms with Crippen molar-refractivity contribution in [3.63, 3.8) is 0 Å². The lowest BCUT2D eigenvalue weighted by atomic mass is 9.98. The van der Waals surface area contributed by atoms with Gasteiger partial charge in [-0.2, -0.15) is 5.26 Å². The number of alkyl halides is 2. The molecule has 1 aliphatic rings. The lowest BCUT2D eigenvalue weighted by Gasteiger charge is -2.33. The van der Waals surface area contributed by atoms with Crippen LogP contribution in [0, 0.1) is 23.0 Å². The van der Waals surface area contributed by atoms with Gasteiger partial charge in [-0.25, -0.2) is 26.0 Å². The molecule has 0 atom stereocenters. The number of hydrogen-bond acceptors (Lipinski definition) is 4. The first kappa shape index (κ1) is 19.2. The van der Waals surface area contributed by atoms with Crippen LogP contribution in [0.1, 0.15) is 29.5 Å². The van der Waals surface area contributed by atoms with Crippen molar-refractivity contribution in [2.75, 3.05) is 17.7 Å². The van der Waals surface area contributed by atoms with Crippen molar-refractivity contribution in [1.29, 1.82) is 5.26 Å². The Kier molecular flexibility index (Phi) is 4.86. The van der Waals surface area contributed by atoms with Crippen LogP contribution in [-0.2, 0) is 16.3 Å². The van der Waals surface area contributed by atoms with Crippen LogP contribution >= 0.6 is 0 Å². The maximum atomic E-state index is 14.4. The number of fused-ring (bicyclic) bond motifs is 1. The Labute approximate surface area is 153 Å². The molecular weight excluding hydrogens is 384 g/mol. The molecule has 142 valence electrons. The highest BCUT2D eigenvalue weighted by atomic mass is 32.2. The molecule has 0 N–H and O–H groups in total. The summed E-state index contributed by atoms with van der Waals surface area (Å²) < 4.78 is 79.3. The average Bonchev–Trinajstić information content (AvgIpc) is 2.58. The number of aryl methyl sites for hydroxylation is 1. The smallest absolute Gasteiger partial charge is 0.267 e. The van der Waals surface area contributed by atoms with Gasteiger partial charge in [0.15, 0.2) is 9.84 Å². The number of halogens is 4. The number of nitriles is 1. The maximum Gasteiger partial charge on any atom is 0.267 e. The molecule has 1 aliphatic heterocycles. The van der Waals surface area contributed by atoms with E-state index in [1.165, 1.54) is 11.0 Å². The molecule has 27 heavy (non-hydrogen) atoms. The van der Waals surface area contributed by atoms with Gasteiger partial charge in [-0.05, 0) is 36.6 Å². The second kappa shape index (κ2) is 6.85. The van der Waals surface area contributed by atoms with E-state index in [4.69, 9.17) is 0 Å². The molecule has 0 saturated carbocycles. The van der Waals surface area contributed by atoms with Crippen molar-refractivity contribution in [3.05, 3.63) is 52.6 Å². The summed E-state index contributed by atoms with van der Waals surface area (Å²) in [7, 11) is -3.92. The monoisotopic (exact) mass is 398 g/mol. The molecule has 0 unspecified atom stereocenters.